The van der Waals surface area contributed by atoms with Crippen molar-refractivity contribution in [2.75, 3.05) is 11.2 Å². The molecule has 14 heavy (non-hydrogen) atoms. The lowest BCUT2D eigenvalue weighted by Crippen LogP contribution is -2.05. The van der Waals surface area contributed by atoms with Gasteiger partial charge in [0.1, 0.15) is 0 Å². The molecule has 0 aliphatic heterocycles. The van der Waals surface area contributed by atoms with Gasteiger partial charge in [-0.1, -0.05) is 20.3 Å². The molecule has 0 bridgehead atoms. The summed E-state index contributed by atoms with van der Waals surface area (Å²) in [5, 5.41) is 0.795. The van der Waals surface area contributed by atoms with Crippen LogP contribution in [0.2, 0.25) is 0 Å². The van der Waals surface area contributed by atoms with E-state index in [0.29, 0.717) is 0 Å². The minimum Gasteiger partial charge on any atom is -0.300 e. The van der Waals surface area contributed by atoms with Gasteiger partial charge in [-0.3, -0.25) is 5.43 Å². The SMILES string of the molecule is CCC(C)CSCc1cnc(NN)s1. The highest BCUT2D eigenvalue weighted by Gasteiger charge is 2.02. The van der Waals surface area contributed by atoms with Crippen molar-refractivity contribution in [2.24, 2.45) is 11.8 Å². The van der Waals surface area contributed by atoms with Crippen molar-refractivity contribution in [3.05, 3.63) is 11.1 Å². The Hall–Kier alpha value is -0.260. The Kier molecular flexibility index (Phi) is 5.29. The van der Waals surface area contributed by atoms with Gasteiger partial charge in [-0.2, -0.15) is 11.8 Å². The average molecular weight is 231 g/mol. The highest BCUT2D eigenvalue weighted by molar-refractivity contribution is 7.98. The van der Waals surface area contributed by atoms with Crippen LogP contribution in [-0.4, -0.2) is 10.7 Å². The minimum absolute atomic E-state index is 0.795. The molecule has 0 fully saturated rings. The number of anilines is 1. The molecule has 0 aromatic carbocycles. The van der Waals surface area contributed by atoms with Gasteiger partial charge in [-0.05, 0) is 11.7 Å². The third kappa shape index (κ3) is 3.86. The molecule has 0 saturated heterocycles. The Bertz CT molecular complexity index is 262. The molecule has 0 saturated carbocycles. The van der Waals surface area contributed by atoms with E-state index in [1.807, 2.05) is 18.0 Å². The minimum atomic E-state index is 0.795. The first-order valence-corrected chi connectivity index (χ1v) is 6.72. The molecule has 1 rings (SSSR count). The second-order valence-corrected chi connectivity index (χ2v) is 5.45. The van der Waals surface area contributed by atoms with E-state index in [1.165, 1.54) is 17.1 Å². The number of nitrogens with two attached hydrogens (primary N) is 1. The topological polar surface area (TPSA) is 50.9 Å². The molecular formula is C9H17N3S2. The molecule has 1 unspecified atom stereocenters. The van der Waals surface area contributed by atoms with E-state index >= 15 is 0 Å². The smallest absolute Gasteiger partial charge is 0.197 e. The second kappa shape index (κ2) is 6.27. The van der Waals surface area contributed by atoms with Crippen molar-refractivity contribution in [1.29, 1.82) is 0 Å². The van der Waals surface area contributed by atoms with E-state index in [-0.39, 0.29) is 0 Å². The summed E-state index contributed by atoms with van der Waals surface area (Å²) < 4.78 is 0. The van der Waals surface area contributed by atoms with Crippen LogP contribution < -0.4 is 11.3 Å². The van der Waals surface area contributed by atoms with Crippen LogP contribution in [0.5, 0.6) is 0 Å². The third-order valence-electron chi connectivity index (χ3n) is 2.02. The maximum absolute atomic E-state index is 5.25. The monoisotopic (exact) mass is 231 g/mol. The molecule has 1 aromatic rings. The lowest BCUT2D eigenvalue weighted by molar-refractivity contribution is 0.637. The van der Waals surface area contributed by atoms with E-state index in [2.05, 4.69) is 24.3 Å². The Morgan fingerprint density at radius 1 is 1.71 bits per heavy atom. The molecule has 0 aliphatic carbocycles. The van der Waals surface area contributed by atoms with Crippen molar-refractivity contribution in [1.82, 2.24) is 4.98 Å². The summed E-state index contributed by atoms with van der Waals surface area (Å²) in [5.41, 5.74) is 2.56. The van der Waals surface area contributed by atoms with Gasteiger partial charge in [-0.15, -0.1) is 11.3 Å². The molecular weight excluding hydrogens is 214 g/mol. The number of rotatable bonds is 6. The first-order valence-electron chi connectivity index (χ1n) is 4.75. The summed E-state index contributed by atoms with van der Waals surface area (Å²) in [6.07, 6.45) is 3.15. The van der Waals surface area contributed by atoms with Gasteiger partial charge < -0.3 is 0 Å². The summed E-state index contributed by atoms with van der Waals surface area (Å²) in [4.78, 5) is 5.41. The van der Waals surface area contributed by atoms with Crippen molar-refractivity contribution in [3.8, 4) is 0 Å². The molecule has 80 valence electrons. The molecule has 1 heterocycles. The van der Waals surface area contributed by atoms with E-state index in [9.17, 15) is 0 Å². The Morgan fingerprint density at radius 3 is 3.07 bits per heavy atom. The van der Waals surface area contributed by atoms with Crippen molar-refractivity contribution < 1.29 is 0 Å². The molecule has 0 radical (unpaired) electrons. The predicted molar refractivity (Wildman–Crippen MR) is 65.5 cm³/mol. The lowest BCUT2D eigenvalue weighted by Gasteiger charge is -2.05. The summed E-state index contributed by atoms with van der Waals surface area (Å²) in [7, 11) is 0. The van der Waals surface area contributed by atoms with Gasteiger partial charge in [-0.25, -0.2) is 10.8 Å². The van der Waals surface area contributed by atoms with E-state index in [4.69, 9.17) is 5.84 Å². The van der Waals surface area contributed by atoms with Crippen molar-refractivity contribution >= 4 is 28.2 Å². The summed E-state index contributed by atoms with van der Waals surface area (Å²) in [6, 6.07) is 0. The van der Waals surface area contributed by atoms with Gasteiger partial charge >= 0.3 is 0 Å². The van der Waals surface area contributed by atoms with Crippen LogP contribution in [0.25, 0.3) is 0 Å². The molecule has 0 amide bonds. The number of nitrogens with one attached hydrogen (secondary N) is 1. The zero-order chi connectivity index (χ0) is 10.4. The Morgan fingerprint density at radius 2 is 2.50 bits per heavy atom. The third-order valence-corrected chi connectivity index (χ3v) is 4.45. The van der Waals surface area contributed by atoms with Crippen LogP contribution in [-0.2, 0) is 5.75 Å². The Labute approximate surface area is 93.5 Å². The maximum Gasteiger partial charge on any atom is 0.197 e. The van der Waals surface area contributed by atoms with Crippen LogP contribution in [0.1, 0.15) is 25.1 Å². The maximum atomic E-state index is 5.25. The fourth-order valence-electron chi connectivity index (χ4n) is 0.920. The highest BCUT2D eigenvalue weighted by atomic mass is 32.2. The molecule has 0 spiro atoms. The number of hydrogen-bond acceptors (Lipinski definition) is 5. The van der Waals surface area contributed by atoms with E-state index < -0.39 is 0 Å². The van der Waals surface area contributed by atoms with Crippen molar-refractivity contribution in [2.45, 2.75) is 26.0 Å². The molecule has 3 nitrogen and oxygen atoms in total. The molecule has 1 aromatic heterocycles. The van der Waals surface area contributed by atoms with Gasteiger partial charge in [0.2, 0.25) is 0 Å². The summed E-state index contributed by atoms with van der Waals surface area (Å²) in [5.74, 6) is 8.33. The number of nitrogen functional groups attached to an aromatic ring is 1. The molecule has 5 heteroatoms. The first-order chi connectivity index (χ1) is 6.76. The number of hydrogen-bond donors (Lipinski definition) is 2. The molecule has 1 atom stereocenters. The number of nitrogens with zero attached hydrogens (tertiary/aromatic N) is 1. The number of thiazole rings is 1. The lowest BCUT2D eigenvalue weighted by atomic mass is 10.2. The van der Waals surface area contributed by atoms with E-state index in [1.54, 1.807) is 11.3 Å². The van der Waals surface area contributed by atoms with Crippen LogP contribution >= 0.6 is 23.1 Å². The largest absolute Gasteiger partial charge is 0.300 e. The molecule has 3 N–H and O–H groups in total. The average Bonchev–Trinajstić information content (AvgIpc) is 2.65. The van der Waals surface area contributed by atoms with Gasteiger partial charge in [0, 0.05) is 16.8 Å². The van der Waals surface area contributed by atoms with E-state index in [0.717, 1.165) is 16.8 Å². The number of aromatic nitrogens is 1. The normalized spacial score (nSPS) is 12.8. The fourth-order valence-corrected chi connectivity index (χ4v) is 2.95. The number of hydrazine groups is 1. The zero-order valence-corrected chi connectivity index (χ0v) is 10.3. The molecule has 0 aliphatic rings. The fraction of sp³-hybridized carbons (Fsp3) is 0.667. The van der Waals surface area contributed by atoms with Crippen LogP contribution in [0.15, 0.2) is 6.20 Å². The van der Waals surface area contributed by atoms with Gasteiger partial charge in [0.25, 0.3) is 0 Å². The second-order valence-electron chi connectivity index (χ2n) is 3.30. The van der Waals surface area contributed by atoms with Crippen LogP contribution in [0.3, 0.4) is 0 Å². The zero-order valence-electron chi connectivity index (χ0n) is 8.62. The quantitative estimate of drug-likeness (QED) is 0.584. The standard InChI is InChI=1S/C9H17N3S2/c1-3-7(2)5-13-6-8-4-11-9(12-10)14-8/h4,7H,3,5-6,10H2,1-2H3,(H,11,12). The number of thioether (sulfide) groups is 1. The summed E-state index contributed by atoms with van der Waals surface area (Å²) in [6.45, 7) is 4.51. The van der Waals surface area contributed by atoms with Gasteiger partial charge in [0.05, 0.1) is 0 Å². The van der Waals surface area contributed by atoms with Crippen LogP contribution in [0, 0.1) is 5.92 Å². The summed E-state index contributed by atoms with van der Waals surface area (Å²) >= 11 is 3.59. The highest BCUT2D eigenvalue weighted by Crippen LogP contribution is 2.23. The van der Waals surface area contributed by atoms with Gasteiger partial charge in [0.15, 0.2) is 5.13 Å². The van der Waals surface area contributed by atoms with Crippen LogP contribution in [0.4, 0.5) is 5.13 Å². The first kappa shape index (κ1) is 11.8. The van der Waals surface area contributed by atoms with Crippen molar-refractivity contribution in [3.63, 3.8) is 0 Å². The Balaban J connectivity index is 2.24. The predicted octanol–water partition coefficient (Wildman–Crippen LogP) is 2.71.